The molecule has 0 bridgehead atoms. The number of likely N-dealkylation sites (N-methyl/N-ethyl adjacent to an activating group) is 1. The molecular formula is C23H30N2O3S. The number of hydrogen-bond donors (Lipinski definition) is 1. The molecule has 2 amide bonds. The maximum atomic E-state index is 13.1. The third-order valence-corrected chi connectivity index (χ3v) is 5.88. The molecule has 0 fully saturated rings. The lowest BCUT2D eigenvalue weighted by Crippen LogP contribution is -2.48. The van der Waals surface area contributed by atoms with Gasteiger partial charge in [0.1, 0.15) is 11.8 Å². The normalized spacial score (nSPS) is 11.6. The lowest BCUT2D eigenvalue weighted by Gasteiger charge is -2.30. The molecule has 0 saturated carbocycles. The van der Waals surface area contributed by atoms with Gasteiger partial charge in [0, 0.05) is 19.3 Å². The van der Waals surface area contributed by atoms with Crippen LogP contribution < -0.4 is 10.1 Å². The molecule has 0 aliphatic heterocycles. The number of nitrogens with zero attached hydrogens (tertiary/aromatic N) is 1. The zero-order valence-electron chi connectivity index (χ0n) is 17.6. The predicted molar refractivity (Wildman–Crippen MR) is 119 cm³/mol. The number of thioether (sulfide) groups is 1. The van der Waals surface area contributed by atoms with Gasteiger partial charge in [0.05, 0.1) is 12.9 Å². The standard InChI is InChI=1S/C23H30N2O3S/c1-5-21(23(27)24-3)25(14-19-9-7-6-8-17(19)2)22(26)16-29-15-18-10-12-20(28-4)13-11-18/h6-13,21H,5,14-16H2,1-4H3,(H,24,27)/t21-/m0/s1. The van der Waals surface area contributed by atoms with Gasteiger partial charge in [-0.2, -0.15) is 0 Å². The summed E-state index contributed by atoms with van der Waals surface area (Å²) >= 11 is 1.55. The first-order valence-corrected chi connectivity index (χ1v) is 10.9. The highest BCUT2D eigenvalue weighted by molar-refractivity contribution is 7.99. The maximum Gasteiger partial charge on any atom is 0.242 e. The van der Waals surface area contributed by atoms with Crippen LogP contribution in [0.15, 0.2) is 48.5 Å². The molecular weight excluding hydrogens is 384 g/mol. The fourth-order valence-electron chi connectivity index (χ4n) is 3.12. The molecule has 2 rings (SSSR count). The number of hydrogen-bond acceptors (Lipinski definition) is 4. The van der Waals surface area contributed by atoms with Gasteiger partial charge < -0.3 is 15.0 Å². The van der Waals surface area contributed by atoms with E-state index in [4.69, 9.17) is 4.74 Å². The van der Waals surface area contributed by atoms with E-state index in [0.29, 0.717) is 18.7 Å². The van der Waals surface area contributed by atoms with E-state index in [1.54, 1.807) is 30.8 Å². The van der Waals surface area contributed by atoms with Crippen LogP contribution >= 0.6 is 11.8 Å². The maximum absolute atomic E-state index is 13.1. The summed E-state index contributed by atoms with van der Waals surface area (Å²) in [5.74, 6) is 1.71. The minimum absolute atomic E-state index is 0.0257. The van der Waals surface area contributed by atoms with Gasteiger partial charge in [-0.3, -0.25) is 9.59 Å². The quantitative estimate of drug-likeness (QED) is 0.643. The molecule has 0 aliphatic carbocycles. The van der Waals surface area contributed by atoms with E-state index >= 15 is 0 Å². The van der Waals surface area contributed by atoms with Crippen molar-refractivity contribution in [2.45, 2.75) is 38.6 Å². The molecule has 0 radical (unpaired) electrons. The van der Waals surface area contributed by atoms with E-state index in [-0.39, 0.29) is 11.8 Å². The molecule has 0 spiro atoms. The van der Waals surface area contributed by atoms with E-state index in [1.807, 2.05) is 62.4 Å². The van der Waals surface area contributed by atoms with Crippen molar-refractivity contribution >= 4 is 23.6 Å². The molecule has 5 nitrogen and oxygen atoms in total. The monoisotopic (exact) mass is 414 g/mol. The zero-order valence-corrected chi connectivity index (χ0v) is 18.4. The summed E-state index contributed by atoms with van der Waals surface area (Å²) in [6.07, 6.45) is 0.570. The number of methoxy groups -OCH3 is 1. The van der Waals surface area contributed by atoms with Gasteiger partial charge >= 0.3 is 0 Å². The number of ether oxygens (including phenoxy) is 1. The first kappa shape index (κ1) is 22.8. The van der Waals surface area contributed by atoms with Crippen molar-refractivity contribution in [2.24, 2.45) is 0 Å². The SMILES string of the molecule is CC[C@@H](C(=O)NC)N(Cc1ccccc1C)C(=O)CSCc1ccc(OC)cc1. The fourth-order valence-corrected chi connectivity index (χ4v) is 3.99. The minimum Gasteiger partial charge on any atom is -0.497 e. The van der Waals surface area contributed by atoms with Gasteiger partial charge in [0.2, 0.25) is 11.8 Å². The number of amides is 2. The molecule has 0 aliphatic rings. The number of aryl methyl sites for hydroxylation is 1. The Bertz CT molecular complexity index is 808. The Kier molecular flexibility index (Phi) is 9.06. The van der Waals surface area contributed by atoms with Crippen LogP contribution in [0.4, 0.5) is 0 Å². The summed E-state index contributed by atoms with van der Waals surface area (Å²) in [6, 6.07) is 15.3. The summed E-state index contributed by atoms with van der Waals surface area (Å²) in [7, 11) is 3.25. The highest BCUT2D eigenvalue weighted by atomic mass is 32.2. The number of benzene rings is 2. The van der Waals surface area contributed by atoms with Gasteiger partial charge in [0.15, 0.2) is 0 Å². The highest BCUT2D eigenvalue weighted by Gasteiger charge is 2.28. The Morgan fingerprint density at radius 2 is 1.83 bits per heavy atom. The van der Waals surface area contributed by atoms with Crippen molar-refractivity contribution < 1.29 is 14.3 Å². The smallest absolute Gasteiger partial charge is 0.242 e. The molecule has 2 aromatic rings. The predicted octanol–water partition coefficient (Wildman–Crippen LogP) is 3.79. The van der Waals surface area contributed by atoms with Crippen LogP contribution in [0.25, 0.3) is 0 Å². The third-order valence-electron chi connectivity index (χ3n) is 4.89. The van der Waals surface area contributed by atoms with Crippen molar-refractivity contribution in [2.75, 3.05) is 19.9 Å². The topological polar surface area (TPSA) is 58.6 Å². The van der Waals surface area contributed by atoms with E-state index in [2.05, 4.69) is 5.32 Å². The van der Waals surface area contributed by atoms with E-state index in [0.717, 1.165) is 28.2 Å². The summed E-state index contributed by atoms with van der Waals surface area (Å²) in [6.45, 7) is 4.39. The molecule has 0 heterocycles. The second-order valence-corrected chi connectivity index (χ2v) is 7.81. The molecule has 2 aromatic carbocycles. The largest absolute Gasteiger partial charge is 0.497 e. The van der Waals surface area contributed by atoms with Crippen LogP contribution in [-0.2, 0) is 21.9 Å². The van der Waals surface area contributed by atoms with Crippen molar-refractivity contribution in [3.05, 3.63) is 65.2 Å². The minimum atomic E-state index is -0.478. The highest BCUT2D eigenvalue weighted by Crippen LogP contribution is 2.20. The van der Waals surface area contributed by atoms with Gasteiger partial charge in [-0.25, -0.2) is 0 Å². The summed E-state index contributed by atoms with van der Waals surface area (Å²) in [4.78, 5) is 27.2. The molecule has 29 heavy (non-hydrogen) atoms. The van der Waals surface area contributed by atoms with E-state index < -0.39 is 6.04 Å². The first-order valence-electron chi connectivity index (χ1n) is 9.76. The molecule has 0 aromatic heterocycles. The molecule has 1 N–H and O–H groups in total. The van der Waals surface area contributed by atoms with Crippen molar-refractivity contribution in [3.63, 3.8) is 0 Å². The molecule has 0 unspecified atom stereocenters. The number of rotatable bonds is 10. The zero-order chi connectivity index (χ0) is 21.2. The number of carbonyl (C=O) groups is 2. The molecule has 156 valence electrons. The Balaban J connectivity index is 2.08. The van der Waals surface area contributed by atoms with E-state index in [9.17, 15) is 9.59 Å². The summed E-state index contributed by atoms with van der Waals surface area (Å²) < 4.78 is 5.18. The number of nitrogens with one attached hydrogen (secondary N) is 1. The van der Waals surface area contributed by atoms with Crippen molar-refractivity contribution in [1.29, 1.82) is 0 Å². The van der Waals surface area contributed by atoms with Crippen LogP contribution in [0.3, 0.4) is 0 Å². The fraction of sp³-hybridized carbons (Fsp3) is 0.391. The van der Waals surface area contributed by atoms with Gasteiger partial charge in [-0.05, 0) is 42.2 Å². The molecule has 1 atom stereocenters. The third kappa shape index (κ3) is 6.53. The summed E-state index contributed by atoms with van der Waals surface area (Å²) in [5, 5.41) is 2.69. The first-order chi connectivity index (χ1) is 14.0. The van der Waals surface area contributed by atoms with Gasteiger partial charge in [-0.15, -0.1) is 11.8 Å². The van der Waals surface area contributed by atoms with E-state index in [1.165, 1.54) is 0 Å². The van der Waals surface area contributed by atoms with Gasteiger partial charge in [-0.1, -0.05) is 43.3 Å². The average Bonchev–Trinajstić information content (AvgIpc) is 2.75. The second kappa shape index (κ2) is 11.5. The van der Waals surface area contributed by atoms with Crippen molar-refractivity contribution in [1.82, 2.24) is 10.2 Å². The summed E-state index contributed by atoms with van der Waals surface area (Å²) in [5.41, 5.74) is 3.30. The Morgan fingerprint density at radius 1 is 1.14 bits per heavy atom. The van der Waals surface area contributed by atoms with Gasteiger partial charge in [0.25, 0.3) is 0 Å². The Labute approximate surface area is 177 Å². The van der Waals surface area contributed by atoms with Crippen molar-refractivity contribution in [3.8, 4) is 5.75 Å². The Morgan fingerprint density at radius 3 is 2.41 bits per heavy atom. The van der Waals surface area contributed by atoms with Crippen LogP contribution in [0.1, 0.15) is 30.0 Å². The second-order valence-electron chi connectivity index (χ2n) is 6.83. The van der Waals surface area contributed by atoms with Crippen LogP contribution in [0.2, 0.25) is 0 Å². The van der Waals surface area contributed by atoms with Crippen LogP contribution in [-0.4, -0.2) is 42.7 Å². The lowest BCUT2D eigenvalue weighted by molar-refractivity contribution is -0.139. The molecule has 0 saturated heterocycles. The number of carbonyl (C=O) groups excluding carboxylic acids is 2. The Hall–Kier alpha value is -2.47. The molecule has 6 heteroatoms. The van der Waals surface area contributed by atoms with Crippen LogP contribution in [0, 0.1) is 6.92 Å². The average molecular weight is 415 g/mol. The van der Waals surface area contributed by atoms with Crippen LogP contribution in [0.5, 0.6) is 5.75 Å². The lowest BCUT2D eigenvalue weighted by atomic mass is 10.1.